The Kier molecular flexibility index (Phi) is 4.62. The molecule has 3 rings (SSSR count). The molecule has 0 spiro atoms. The molecule has 1 amide bonds. The van der Waals surface area contributed by atoms with Crippen LogP contribution in [0, 0.1) is 0 Å². The molecule has 1 N–H and O–H groups in total. The van der Waals surface area contributed by atoms with Crippen molar-refractivity contribution in [3.8, 4) is 11.3 Å². The molecule has 2 aromatic carbocycles. The molecular formula is C17H10Cl3NO2. The van der Waals surface area contributed by atoms with Gasteiger partial charge in [0.2, 0.25) is 0 Å². The lowest BCUT2D eigenvalue weighted by atomic mass is 10.2. The van der Waals surface area contributed by atoms with E-state index in [0.717, 1.165) is 0 Å². The summed E-state index contributed by atoms with van der Waals surface area (Å²) in [6.07, 6.45) is 0. The summed E-state index contributed by atoms with van der Waals surface area (Å²) >= 11 is 18.2. The van der Waals surface area contributed by atoms with Gasteiger partial charge in [0.15, 0.2) is 5.76 Å². The van der Waals surface area contributed by atoms with E-state index in [1.165, 1.54) is 0 Å². The Morgan fingerprint density at radius 1 is 0.870 bits per heavy atom. The van der Waals surface area contributed by atoms with Crippen molar-refractivity contribution in [2.24, 2.45) is 0 Å². The van der Waals surface area contributed by atoms with Crippen molar-refractivity contribution in [2.75, 3.05) is 5.32 Å². The summed E-state index contributed by atoms with van der Waals surface area (Å²) in [5.41, 5.74) is 1.13. The highest BCUT2D eigenvalue weighted by Gasteiger charge is 2.15. The summed E-state index contributed by atoms with van der Waals surface area (Å²) < 4.78 is 5.58. The number of halogens is 3. The van der Waals surface area contributed by atoms with Crippen LogP contribution in [-0.2, 0) is 0 Å². The molecule has 0 atom stereocenters. The maximum absolute atomic E-state index is 12.2. The standard InChI is InChI=1S/C17H10Cl3NO2/c18-11-5-1-2-7-13(11)21-17(22)15-9-8-14(23-15)10-4-3-6-12(19)16(10)20/h1-9H,(H,21,22). The first kappa shape index (κ1) is 15.9. The summed E-state index contributed by atoms with van der Waals surface area (Å²) in [6.45, 7) is 0. The van der Waals surface area contributed by atoms with Crippen LogP contribution in [0.1, 0.15) is 10.6 Å². The first-order valence-electron chi connectivity index (χ1n) is 6.66. The molecule has 1 aromatic heterocycles. The summed E-state index contributed by atoms with van der Waals surface area (Å²) in [7, 11) is 0. The SMILES string of the molecule is O=C(Nc1ccccc1Cl)c1ccc(-c2cccc(Cl)c2Cl)o1. The Labute approximate surface area is 147 Å². The number of para-hydroxylation sites is 1. The van der Waals surface area contributed by atoms with Gasteiger partial charge in [0.1, 0.15) is 5.76 Å². The lowest BCUT2D eigenvalue weighted by Gasteiger charge is -2.05. The number of amides is 1. The van der Waals surface area contributed by atoms with Crippen LogP contribution in [0.25, 0.3) is 11.3 Å². The number of rotatable bonds is 3. The van der Waals surface area contributed by atoms with E-state index in [-0.39, 0.29) is 5.76 Å². The zero-order valence-corrected chi connectivity index (χ0v) is 13.9. The highest BCUT2D eigenvalue weighted by atomic mass is 35.5. The highest BCUT2D eigenvalue weighted by Crippen LogP contribution is 2.34. The van der Waals surface area contributed by atoms with Crippen LogP contribution >= 0.6 is 34.8 Å². The predicted octanol–water partition coefficient (Wildman–Crippen LogP) is 6.16. The third-order valence-electron chi connectivity index (χ3n) is 3.17. The number of carbonyl (C=O) groups excluding carboxylic acids is 1. The molecule has 0 saturated carbocycles. The Bertz CT molecular complexity index is 874. The summed E-state index contributed by atoms with van der Waals surface area (Å²) in [5.74, 6) is 0.209. The van der Waals surface area contributed by atoms with Crippen molar-refractivity contribution >= 4 is 46.4 Å². The maximum Gasteiger partial charge on any atom is 0.291 e. The zero-order valence-electron chi connectivity index (χ0n) is 11.6. The Morgan fingerprint density at radius 3 is 2.39 bits per heavy atom. The van der Waals surface area contributed by atoms with Crippen LogP contribution < -0.4 is 5.32 Å². The molecule has 0 aliphatic heterocycles. The molecule has 116 valence electrons. The monoisotopic (exact) mass is 365 g/mol. The van der Waals surface area contributed by atoms with E-state index in [9.17, 15) is 4.79 Å². The number of hydrogen-bond acceptors (Lipinski definition) is 2. The van der Waals surface area contributed by atoms with Crippen LogP contribution in [0.2, 0.25) is 15.1 Å². The average Bonchev–Trinajstić information content (AvgIpc) is 3.02. The molecule has 3 nitrogen and oxygen atoms in total. The van der Waals surface area contributed by atoms with E-state index in [1.54, 1.807) is 54.6 Å². The Morgan fingerprint density at radius 2 is 1.61 bits per heavy atom. The van der Waals surface area contributed by atoms with Gasteiger partial charge in [-0.05, 0) is 36.4 Å². The second kappa shape index (κ2) is 6.67. The van der Waals surface area contributed by atoms with E-state index in [2.05, 4.69) is 5.32 Å². The maximum atomic E-state index is 12.2. The smallest absolute Gasteiger partial charge is 0.291 e. The number of carbonyl (C=O) groups is 1. The lowest BCUT2D eigenvalue weighted by molar-refractivity contribution is 0.0997. The summed E-state index contributed by atoms with van der Waals surface area (Å²) in [4.78, 5) is 12.2. The molecule has 3 aromatic rings. The van der Waals surface area contributed by atoms with E-state index < -0.39 is 5.91 Å². The molecule has 0 aliphatic carbocycles. The van der Waals surface area contributed by atoms with Gasteiger partial charge in [-0.2, -0.15) is 0 Å². The molecular weight excluding hydrogens is 357 g/mol. The molecule has 23 heavy (non-hydrogen) atoms. The van der Waals surface area contributed by atoms with Gasteiger partial charge in [-0.25, -0.2) is 0 Å². The average molecular weight is 367 g/mol. The normalized spacial score (nSPS) is 10.6. The third kappa shape index (κ3) is 3.37. The third-order valence-corrected chi connectivity index (χ3v) is 4.32. The van der Waals surface area contributed by atoms with Gasteiger partial charge < -0.3 is 9.73 Å². The minimum atomic E-state index is -0.400. The van der Waals surface area contributed by atoms with E-state index in [4.69, 9.17) is 39.2 Å². The first-order chi connectivity index (χ1) is 11.1. The number of nitrogens with one attached hydrogen (secondary N) is 1. The zero-order chi connectivity index (χ0) is 16.4. The van der Waals surface area contributed by atoms with Gasteiger partial charge >= 0.3 is 0 Å². The van der Waals surface area contributed by atoms with E-state index in [0.29, 0.717) is 32.1 Å². The molecule has 0 bridgehead atoms. The summed E-state index contributed by atoms with van der Waals surface area (Å²) in [5, 5.41) is 3.94. The fourth-order valence-electron chi connectivity index (χ4n) is 2.05. The minimum absolute atomic E-state index is 0.149. The topological polar surface area (TPSA) is 42.2 Å². The Hall–Kier alpha value is -1.94. The number of anilines is 1. The largest absolute Gasteiger partial charge is 0.451 e. The second-order valence-electron chi connectivity index (χ2n) is 4.70. The fraction of sp³-hybridized carbons (Fsp3) is 0. The number of hydrogen-bond donors (Lipinski definition) is 1. The second-order valence-corrected chi connectivity index (χ2v) is 5.89. The minimum Gasteiger partial charge on any atom is -0.451 e. The molecule has 0 radical (unpaired) electrons. The predicted molar refractivity (Wildman–Crippen MR) is 93.6 cm³/mol. The van der Waals surface area contributed by atoms with Crippen molar-refractivity contribution in [1.29, 1.82) is 0 Å². The molecule has 0 saturated heterocycles. The fourth-order valence-corrected chi connectivity index (χ4v) is 2.62. The van der Waals surface area contributed by atoms with Crippen molar-refractivity contribution in [1.82, 2.24) is 0 Å². The van der Waals surface area contributed by atoms with Crippen molar-refractivity contribution < 1.29 is 9.21 Å². The van der Waals surface area contributed by atoms with Crippen LogP contribution in [-0.4, -0.2) is 5.91 Å². The molecule has 0 aliphatic rings. The summed E-state index contributed by atoms with van der Waals surface area (Å²) in [6, 6.07) is 15.4. The lowest BCUT2D eigenvalue weighted by Crippen LogP contribution is -2.11. The molecule has 1 heterocycles. The Balaban J connectivity index is 1.86. The molecule has 6 heteroatoms. The quantitative estimate of drug-likeness (QED) is 0.603. The van der Waals surface area contributed by atoms with Crippen LogP contribution in [0.5, 0.6) is 0 Å². The van der Waals surface area contributed by atoms with Crippen LogP contribution in [0.3, 0.4) is 0 Å². The van der Waals surface area contributed by atoms with Crippen molar-refractivity contribution in [3.05, 3.63) is 75.4 Å². The van der Waals surface area contributed by atoms with Gasteiger partial charge in [-0.3, -0.25) is 4.79 Å². The highest BCUT2D eigenvalue weighted by molar-refractivity contribution is 6.43. The van der Waals surface area contributed by atoms with Crippen LogP contribution in [0.15, 0.2) is 59.0 Å². The number of furan rings is 1. The first-order valence-corrected chi connectivity index (χ1v) is 7.80. The van der Waals surface area contributed by atoms with Crippen molar-refractivity contribution in [3.63, 3.8) is 0 Å². The van der Waals surface area contributed by atoms with E-state index >= 15 is 0 Å². The van der Waals surface area contributed by atoms with Gasteiger partial charge in [0.05, 0.1) is 20.8 Å². The van der Waals surface area contributed by atoms with Crippen LogP contribution in [0.4, 0.5) is 5.69 Å². The van der Waals surface area contributed by atoms with Gasteiger partial charge in [0, 0.05) is 5.56 Å². The molecule has 0 unspecified atom stereocenters. The van der Waals surface area contributed by atoms with Crippen molar-refractivity contribution in [2.45, 2.75) is 0 Å². The number of benzene rings is 2. The van der Waals surface area contributed by atoms with Gasteiger partial charge in [-0.1, -0.05) is 53.0 Å². The molecule has 0 fully saturated rings. The van der Waals surface area contributed by atoms with Gasteiger partial charge in [0.25, 0.3) is 5.91 Å². The van der Waals surface area contributed by atoms with E-state index in [1.807, 2.05) is 0 Å². The van der Waals surface area contributed by atoms with Gasteiger partial charge in [-0.15, -0.1) is 0 Å².